The van der Waals surface area contributed by atoms with E-state index in [1.54, 1.807) is 0 Å². The van der Waals surface area contributed by atoms with Gasteiger partial charge in [-0.05, 0) is 31.5 Å². The molecule has 0 aliphatic carbocycles. The molecular weight excluding hydrogens is 164 g/mol. The first-order valence-electron chi connectivity index (χ1n) is 4.35. The zero-order valence-electron chi connectivity index (χ0n) is 7.72. The van der Waals surface area contributed by atoms with Gasteiger partial charge in [0, 0.05) is 0 Å². The summed E-state index contributed by atoms with van der Waals surface area (Å²) in [6.45, 7) is 3.85. The summed E-state index contributed by atoms with van der Waals surface area (Å²) in [6, 6.07) is 5.83. The van der Waals surface area contributed by atoms with Gasteiger partial charge >= 0.3 is 0 Å². The zero-order chi connectivity index (χ0) is 9.42. The van der Waals surface area contributed by atoms with Crippen molar-refractivity contribution in [2.75, 3.05) is 10.6 Å². The van der Waals surface area contributed by atoms with Crippen LogP contribution >= 0.6 is 0 Å². The number of fused-ring (bicyclic) bond motifs is 1. The molecule has 1 atom stereocenters. The van der Waals surface area contributed by atoms with Crippen molar-refractivity contribution in [3.8, 4) is 0 Å². The summed E-state index contributed by atoms with van der Waals surface area (Å²) < 4.78 is 0. The number of hydrogen-bond donors (Lipinski definition) is 2. The van der Waals surface area contributed by atoms with Gasteiger partial charge in [-0.15, -0.1) is 0 Å². The molecule has 0 saturated carbocycles. The summed E-state index contributed by atoms with van der Waals surface area (Å²) in [5.41, 5.74) is 3.02. The minimum atomic E-state index is -0.143. The highest BCUT2D eigenvalue weighted by atomic mass is 16.2. The van der Waals surface area contributed by atoms with Crippen molar-refractivity contribution in [3.05, 3.63) is 23.8 Å². The van der Waals surface area contributed by atoms with Crippen LogP contribution in [0.5, 0.6) is 0 Å². The number of nitrogens with one attached hydrogen (secondary N) is 2. The lowest BCUT2D eigenvalue weighted by atomic mass is 10.1. The highest BCUT2D eigenvalue weighted by molar-refractivity contribution is 6.02. The first kappa shape index (κ1) is 8.10. The number of carbonyl (C=O) groups excluding carboxylic acids is 1. The van der Waals surface area contributed by atoms with Crippen LogP contribution in [0.2, 0.25) is 0 Å². The smallest absolute Gasteiger partial charge is 0.246 e. The molecule has 0 radical (unpaired) electrons. The first-order valence-corrected chi connectivity index (χ1v) is 4.35. The molecule has 0 aromatic heterocycles. The Morgan fingerprint density at radius 2 is 2.08 bits per heavy atom. The average Bonchev–Trinajstić information content (AvgIpc) is 2.08. The van der Waals surface area contributed by atoms with Gasteiger partial charge in [-0.25, -0.2) is 0 Å². The molecule has 0 unspecified atom stereocenters. The molecule has 1 aliphatic heterocycles. The lowest BCUT2D eigenvalue weighted by Crippen LogP contribution is -2.36. The largest absolute Gasteiger partial charge is 0.372 e. The van der Waals surface area contributed by atoms with Crippen LogP contribution in [0.1, 0.15) is 12.5 Å². The summed E-state index contributed by atoms with van der Waals surface area (Å²) in [4.78, 5) is 11.3. The Hall–Kier alpha value is -1.51. The molecule has 0 fully saturated rings. The zero-order valence-corrected chi connectivity index (χ0v) is 7.72. The van der Waals surface area contributed by atoms with Gasteiger partial charge in [0.15, 0.2) is 0 Å². The summed E-state index contributed by atoms with van der Waals surface area (Å²) >= 11 is 0. The van der Waals surface area contributed by atoms with E-state index in [1.807, 2.05) is 32.0 Å². The maximum absolute atomic E-state index is 11.3. The van der Waals surface area contributed by atoms with E-state index in [1.165, 1.54) is 0 Å². The van der Waals surface area contributed by atoms with Crippen LogP contribution in [0, 0.1) is 6.92 Å². The number of amides is 1. The molecule has 2 N–H and O–H groups in total. The van der Waals surface area contributed by atoms with Crippen LogP contribution in [-0.4, -0.2) is 11.9 Å². The number of carbonyl (C=O) groups is 1. The van der Waals surface area contributed by atoms with Gasteiger partial charge in [0.1, 0.15) is 6.04 Å². The molecule has 13 heavy (non-hydrogen) atoms. The van der Waals surface area contributed by atoms with Gasteiger partial charge in [0.2, 0.25) is 5.91 Å². The van der Waals surface area contributed by atoms with E-state index < -0.39 is 0 Å². The van der Waals surface area contributed by atoms with Gasteiger partial charge < -0.3 is 10.6 Å². The van der Waals surface area contributed by atoms with Crippen molar-refractivity contribution in [2.24, 2.45) is 0 Å². The molecule has 1 heterocycles. The molecule has 68 valence electrons. The maximum atomic E-state index is 11.3. The Balaban J connectivity index is 2.42. The Labute approximate surface area is 77.1 Å². The highest BCUT2D eigenvalue weighted by Gasteiger charge is 2.20. The summed E-state index contributed by atoms with van der Waals surface area (Å²) in [5.74, 6) is 0.0260. The highest BCUT2D eigenvalue weighted by Crippen LogP contribution is 2.27. The third-order valence-corrected chi connectivity index (χ3v) is 2.20. The number of benzene rings is 1. The monoisotopic (exact) mass is 176 g/mol. The lowest BCUT2D eigenvalue weighted by molar-refractivity contribution is -0.116. The number of anilines is 2. The molecule has 1 aromatic rings. The standard InChI is InChI=1S/C10H12N2O/c1-6-3-4-8-9(5-6)12-10(13)7(2)11-8/h3-5,7,11H,1-2H3,(H,12,13)/t7-/m0/s1. The van der Waals surface area contributed by atoms with Crippen LogP contribution in [0.15, 0.2) is 18.2 Å². The summed E-state index contributed by atoms with van der Waals surface area (Å²) in [7, 11) is 0. The fourth-order valence-electron chi connectivity index (χ4n) is 1.43. The third-order valence-electron chi connectivity index (χ3n) is 2.20. The normalized spacial score (nSPS) is 20.2. The van der Waals surface area contributed by atoms with Crippen molar-refractivity contribution < 1.29 is 4.79 Å². The average molecular weight is 176 g/mol. The van der Waals surface area contributed by atoms with Crippen LogP contribution in [-0.2, 0) is 4.79 Å². The van der Waals surface area contributed by atoms with Crippen molar-refractivity contribution in [2.45, 2.75) is 19.9 Å². The Morgan fingerprint density at radius 1 is 1.31 bits per heavy atom. The van der Waals surface area contributed by atoms with Gasteiger partial charge in [-0.3, -0.25) is 4.79 Å². The number of rotatable bonds is 0. The second kappa shape index (κ2) is 2.76. The molecule has 3 nitrogen and oxygen atoms in total. The first-order chi connectivity index (χ1) is 6.16. The second-order valence-electron chi connectivity index (χ2n) is 3.40. The fourth-order valence-corrected chi connectivity index (χ4v) is 1.43. The topological polar surface area (TPSA) is 41.1 Å². The van der Waals surface area contributed by atoms with E-state index in [0.717, 1.165) is 16.9 Å². The van der Waals surface area contributed by atoms with Crippen molar-refractivity contribution in [3.63, 3.8) is 0 Å². The SMILES string of the molecule is Cc1ccc2c(c1)NC(=O)[C@H](C)N2. The van der Waals surface area contributed by atoms with Crippen molar-refractivity contribution >= 4 is 17.3 Å². The Morgan fingerprint density at radius 3 is 2.85 bits per heavy atom. The molecule has 3 heteroatoms. The summed E-state index contributed by atoms with van der Waals surface area (Å²) in [6.07, 6.45) is 0. The molecule has 1 aliphatic rings. The van der Waals surface area contributed by atoms with E-state index >= 15 is 0 Å². The van der Waals surface area contributed by atoms with Gasteiger partial charge in [-0.2, -0.15) is 0 Å². The minimum Gasteiger partial charge on any atom is -0.372 e. The molecule has 0 saturated heterocycles. The van der Waals surface area contributed by atoms with Gasteiger partial charge in [-0.1, -0.05) is 6.07 Å². The lowest BCUT2D eigenvalue weighted by Gasteiger charge is -2.24. The predicted molar refractivity (Wildman–Crippen MR) is 52.9 cm³/mol. The van der Waals surface area contributed by atoms with Crippen LogP contribution in [0.4, 0.5) is 11.4 Å². The molecule has 0 bridgehead atoms. The summed E-state index contributed by atoms with van der Waals surface area (Å²) in [5, 5.41) is 5.97. The third kappa shape index (κ3) is 1.37. The molecule has 1 amide bonds. The Kier molecular flexibility index (Phi) is 1.72. The van der Waals surface area contributed by atoms with E-state index in [-0.39, 0.29) is 11.9 Å². The molecule has 0 spiro atoms. The van der Waals surface area contributed by atoms with E-state index in [4.69, 9.17) is 0 Å². The predicted octanol–water partition coefficient (Wildman–Crippen LogP) is 1.75. The minimum absolute atomic E-state index is 0.0260. The van der Waals surface area contributed by atoms with E-state index in [9.17, 15) is 4.79 Å². The molecule has 1 aromatic carbocycles. The van der Waals surface area contributed by atoms with Crippen LogP contribution in [0.25, 0.3) is 0 Å². The Bertz CT molecular complexity index is 360. The van der Waals surface area contributed by atoms with E-state index in [0.29, 0.717) is 0 Å². The van der Waals surface area contributed by atoms with Gasteiger partial charge in [0.25, 0.3) is 0 Å². The second-order valence-corrected chi connectivity index (χ2v) is 3.40. The number of hydrogen-bond acceptors (Lipinski definition) is 2. The van der Waals surface area contributed by atoms with Gasteiger partial charge in [0.05, 0.1) is 11.4 Å². The van der Waals surface area contributed by atoms with E-state index in [2.05, 4.69) is 10.6 Å². The van der Waals surface area contributed by atoms with Crippen LogP contribution < -0.4 is 10.6 Å². The quantitative estimate of drug-likeness (QED) is 0.632. The fraction of sp³-hybridized carbons (Fsp3) is 0.300. The van der Waals surface area contributed by atoms with Crippen LogP contribution in [0.3, 0.4) is 0 Å². The van der Waals surface area contributed by atoms with Crippen molar-refractivity contribution in [1.82, 2.24) is 0 Å². The molecule has 2 rings (SSSR count). The molecular formula is C10H12N2O. The van der Waals surface area contributed by atoms with Crippen molar-refractivity contribution in [1.29, 1.82) is 0 Å². The maximum Gasteiger partial charge on any atom is 0.246 e. The number of aryl methyl sites for hydroxylation is 1.